The second-order valence-electron chi connectivity index (χ2n) is 4.11. The minimum atomic E-state index is -0.263. The van der Waals surface area contributed by atoms with Crippen molar-refractivity contribution >= 4 is 35.2 Å². The molecule has 1 heterocycles. The van der Waals surface area contributed by atoms with Gasteiger partial charge in [0.15, 0.2) is 5.96 Å². The van der Waals surface area contributed by atoms with E-state index in [0.29, 0.717) is 12.2 Å². The average Bonchev–Trinajstić information content (AvgIpc) is 2.78. The summed E-state index contributed by atoms with van der Waals surface area (Å²) in [6, 6.07) is 9.44. The smallest absolute Gasteiger partial charge is 0.276 e. The fourth-order valence-corrected chi connectivity index (χ4v) is 1.89. The van der Waals surface area contributed by atoms with Gasteiger partial charge in [0.2, 0.25) is 0 Å². The van der Waals surface area contributed by atoms with Gasteiger partial charge < -0.3 is 10.7 Å². The number of hydrogen-bond donors (Lipinski definition) is 3. The van der Waals surface area contributed by atoms with Gasteiger partial charge in [-0.15, -0.1) is 12.4 Å². The number of carbonyl (C=O) groups excluding carboxylic acids is 1. The molecule has 0 saturated carbocycles. The molecule has 6 heteroatoms. The van der Waals surface area contributed by atoms with E-state index < -0.39 is 0 Å². The van der Waals surface area contributed by atoms with Crippen LogP contribution in [0.1, 0.15) is 23.8 Å². The van der Waals surface area contributed by atoms with Crippen LogP contribution in [0.5, 0.6) is 0 Å². The molecule has 0 radical (unpaired) electrons. The Morgan fingerprint density at radius 3 is 2.68 bits per heavy atom. The van der Waals surface area contributed by atoms with Crippen LogP contribution in [0, 0.1) is 5.41 Å². The van der Waals surface area contributed by atoms with Gasteiger partial charge in [-0.2, -0.15) is 0 Å². The number of rotatable bonds is 3. The highest BCUT2D eigenvalue weighted by atomic mass is 35.5. The van der Waals surface area contributed by atoms with Gasteiger partial charge in [-0.3, -0.25) is 15.1 Å². The predicted molar refractivity (Wildman–Crippen MR) is 78.8 cm³/mol. The molecule has 0 unspecified atom stereocenters. The Labute approximate surface area is 117 Å². The molecule has 0 saturated heterocycles. The summed E-state index contributed by atoms with van der Waals surface area (Å²) in [6.45, 7) is 2.39. The molecule has 102 valence electrons. The fourth-order valence-electron chi connectivity index (χ4n) is 1.89. The van der Waals surface area contributed by atoms with Gasteiger partial charge in [0.1, 0.15) is 5.69 Å². The lowest BCUT2D eigenvalue weighted by Crippen LogP contribution is -2.41. The summed E-state index contributed by atoms with van der Waals surface area (Å²) in [4.78, 5) is 16.5. The topological polar surface area (TPSA) is 86.0 Å². The number of carbonyl (C=O) groups is 1. The third-order valence-corrected chi connectivity index (χ3v) is 2.74. The zero-order valence-electron chi connectivity index (χ0n) is 10.6. The Morgan fingerprint density at radius 2 is 2.11 bits per heavy atom. The van der Waals surface area contributed by atoms with Gasteiger partial charge in [-0.1, -0.05) is 25.1 Å². The molecule has 1 aromatic carbocycles. The number of fused-ring (bicyclic) bond motifs is 1. The Kier molecular flexibility index (Phi) is 4.94. The molecule has 2 aromatic rings. The van der Waals surface area contributed by atoms with Crippen LogP contribution in [0.25, 0.3) is 10.9 Å². The first-order valence-corrected chi connectivity index (χ1v) is 5.87. The first kappa shape index (κ1) is 15.0. The predicted octanol–water partition coefficient (Wildman–Crippen LogP) is 2.34. The molecule has 0 aliphatic heterocycles. The van der Waals surface area contributed by atoms with E-state index in [4.69, 9.17) is 11.1 Å². The highest BCUT2D eigenvalue weighted by molar-refractivity contribution is 6.05. The number of halogens is 1. The minimum absolute atomic E-state index is 0. The summed E-state index contributed by atoms with van der Waals surface area (Å²) in [5.74, 6) is -0.485. The van der Waals surface area contributed by atoms with Crippen molar-refractivity contribution < 1.29 is 4.79 Å². The van der Waals surface area contributed by atoms with Gasteiger partial charge in [0.05, 0.1) is 0 Å². The number of nitrogens with one attached hydrogen (secondary N) is 2. The van der Waals surface area contributed by atoms with E-state index in [2.05, 4.69) is 4.98 Å². The van der Waals surface area contributed by atoms with E-state index in [1.54, 1.807) is 6.07 Å². The van der Waals surface area contributed by atoms with E-state index >= 15 is 0 Å². The van der Waals surface area contributed by atoms with Crippen molar-refractivity contribution in [2.75, 3.05) is 6.54 Å². The summed E-state index contributed by atoms with van der Waals surface area (Å²) in [5, 5.41) is 8.41. The summed E-state index contributed by atoms with van der Waals surface area (Å²) in [7, 11) is 0. The first-order chi connectivity index (χ1) is 8.63. The van der Waals surface area contributed by atoms with E-state index in [0.717, 1.165) is 17.3 Å². The number of aromatic amines is 1. The molecule has 0 aliphatic carbocycles. The number of aromatic nitrogens is 1. The number of benzene rings is 1. The quantitative estimate of drug-likeness (QED) is 0.595. The van der Waals surface area contributed by atoms with Crippen LogP contribution in [0.15, 0.2) is 30.3 Å². The highest BCUT2D eigenvalue weighted by Gasteiger charge is 2.19. The molecule has 5 nitrogen and oxygen atoms in total. The third kappa shape index (κ3) is 3.06. The van der Waals surface area contributed by atoms with Crippen LogP contribution in [-0.2, 0) is 0 Å². The Morgan fingerprint density at radius 1 is 1.42 bits per heavy atom. The fraction of sp³-hybridized carbons (Fsp3) is 0.231. The highest BCUT2D eigenvalue weighted by Crippen LogP contribution is 2.16. The SMILES string of the molecule is CCCN(C(=N)N)C(=O)c1cc2ccccc2[nH]1.Cl. The van der Waals surface area contributed by atoms with Crippen molar-refractivity contribution in [3.05, 3.63) is 36.0 Å². The van der Waals surface area contributed by atoms with Crippen molar-refractivity contribution in [1.82, 2.24) is 9.88 Å². The van der Waals surface area contributed by atoms with E-state index in [-0.39, 0.29) is 24.3 Å². The molecule has 1 amide bonds. The Balaban J connectivity index is 0.00000180. The third-order valence-electron chi connectivity index (χ3n) is 2.74. The maximum absolute atomic E-state index is 12.2. The van der Waals surface area contributed by atoms with Crippen molar-refractivity contribution in [3.8, 4) is 0 Å². The van der Waals surface area contributed by atoms with Crippen LogP contribution in [0.3, 0.4) is 0 Å². The standard InChI is InChI=1S/C13H16N4O.ClH/c1-2-7-17(13(14)15)12(18)11-8-9-5-3-4-6-10(9)16-11;/h3-6,8,16H,2,7H2,1H3,(H3,14,15);1H. The van der Waals surface area contributed by atoms with Crippen molar-refractivity contribution in [2.45, 2.75) is 13.3 Å². The van der Waals surface area contributed by atoms with E-state index in [9.17, 15) is 4.79 Å². The average molecular weight is 281 g/mol. The Bertz CT molecular complexity index is 560. The Hall–Kier alpha value is -2.01. The van der Waals surface area contributed by atoms with Gasteiger partial charge >= 0.3 is 0 Å². The largest absolute Gasteiger partial charge is 0.370 e. The van der Waals surface area contributed by atoms with Gasteiger partial charge in [0, 0.05) is 17.4 Å². The molecule has 0 atom stereocenters. The molecule has 19 heavy (non-hydrogen) atoms. The van der Waals surface area contributed by atoms with Crippen molar-refractivity contribution in [2.24, 2.45) is 5.73 Å². The lowest BCUT2D eigenvalue weighted by atomic mass is 10.2. The molecule has 0 aliphatic rings. The van der Waals surface area contributed by atoms with Crippen LogP contribution in [0.4, 0.5) is 0 Å². The zero-order chi connectivity index (χ0) is 13.1. The maximum Gasteiger partial charge on any atom is 0.276 e. The lowest BCUT2D eigenvalue weighted by molar-refractivity contribution is 0.0840. The lowest BCUT2D eigenvalue weighted by Gasteiger charge is -2.18. The van der Waals surface area contributed by atoms with E-state index in [1.165, 1.54) is 4.90 Å². The number of nitrogens with two attached hydrogens (primary N) is 1. The maximum atomic E-state index is 12.2. The summed E-state index contributed by atoms with van der Waals surface area (Å²) >= 11 is 0. The van der Waals surface area contributed by atoms with Gasteiger partial charge in [-0.05, 0) is 18.6 Å². The van der Waals surface area contributed by atoms with Crippen LogP contribution < -0.4 is 5.73 Å². The minimum Gasteiger partial charge on any atom is -0.370 e. The number of para-hydroxylation sites is 1. The number of H-pyrrole nitrogens is 1. The number of amides is 1. The van der Waals surface area contributed by atoms with Crippen molar-refractivity contribution in [1.29, 1.82) is 5.41 Å². The molecular weight excluding hydrogens is 264 g/mol. The molecule has 0 fully saturated rings. The molecule has 0 bridgehead atoms. The van der Waals surface area contributed by atoms with Gasteiger partial charge in [0.25, 0.3) is 5.91 Å². The van der Waals surface area contributed by atoms with Gasteiger partial charge in [-0.25, -0.2) is 0 Å². The normalized spacial score (nSPS) is 9.95. The molecular formula is C13H17ClN4O. The van der Waals surface area contributed by atoms with Crippen LogP contribution in [-0.4, -0.2) is 28.3 Å². The second kappa shape index (κ2) is 6.24. The number of hydrogen-bond acceptors (Lipinski definition) is 2. The second-order valence-corrected chi connectivity index (χ2v) is 4.11. The molecule has 2 rings (SSSR count). The first-order valence-electron chi connectivity index (χ1n) is 5.87. The van der Waals surface area contributed by atoms with E-state index in [1.807, 2.05) is 31.2 Å². The zero-order valence-corrected chi connectivity index (χ0v) is 11.5. The number of nitrogens with zero attached hydrogens (tertiary/aromatic N) is 1. The molecule has 0 spiro atoms. The molecule has 4 N–H and O–H groups in total. The summed E-state index contributed by atoms with van der Waals surface area (Å²) in [6.07, 6.45) is 0.756. The summed E-state index contributed by atoms with van der Waals surface area (Å²) < 4.78 is 0. The number of guanidine groups is 1. The van der Waals surface area contributed by atoms with Crippen LogP contribution in [0.2, 0.25) is 0 Å². The summed E-state index contributed by atoms with van der Waals surface area (Å²) in [5.41, 5.74) is 6.79. The van der Waals surface area contributed by atoms with Crippen LogP contribution >= 0.6 is 12.4 Å². The monoisotopic (exact) mass is 280 g/mol. The van der Waals surface area contributed by atoms with Crippen molar-refractivity contribution in [3.63, 3.8) is 0 Å². The molecule has 1 aromatic heterocycles.